The van der Waals surface area contributed by atoms with Crippen LogP contribution < -0.4 is 10.5 Å². The van der Waals surface area contributed by atoms with Gasteiger partial charge in [-0.1, -0.05) is 11.6 Å². The van der Waals surface area contributed by atoms with Crippen molar-refractivity contribution in [1.82, 2.24) is 0 Å². The molecule has 0 spiro atoms. The number of hydrogen-bond donors (Lipinski definition) is 2. The van der Waals surface area contributed by atoms with Crippen LogP contribution in [-0.2, 0) is 10.2 Å². The van der Waals surface area contributed by atoms with Crippen LogP contribution in [0.15, 0.2) is 22.1 Å². The molecular formula is C11H12FN3O2S. The van der Waals surface area contributed by atoms with E-state index in [1.165, 1.54) is 12.1 Å². The van der Waals surface area contributed by atoms with E-state index >= 15 is 0 Å². The zero-order valence-corrected chi connectivity index (χ0v) is 10.7. The average molecular weight is 269 g/mol. The molecule has 5 nitrogen and oxygen atoms in total. The van der Waals surface area contributed by atoms with Crippen LogP contribution >= 0.6 is 0 Å². The van der Waals surface area contributed by atoms with E-state index < -0.39 is 16.0 Å². The van der Waals surface area contributed by atoms with Crippen molar-refractivity contribution in [1.29, 1.82) is 0 Å². The standard InChI is InChI=1S/C11H12FN3O2S/c1-6(2)5-7-8(12)3-4-9-10(7)11(13)15-18(16,17)14-9/h3-5,14H,1-2H3,(H2,13,15). The van der Waals surface area contributed by atoms with Crippen LogP contribution in [0, 0.1) is 5.82 Å². The first kappa shape index (κ1) is 12.6. The van der Waals surface area contributed by atoms with E-state index in [0.717, 1.165) is 5.57 Å². The highest BCUT2D eigenvalue weighted by Crippen LogP contribution is 2.28. The quantitative estimate of drug-likeness (QED) is 0.812. The van der Waals surface area contributed by atoms with Crippen LogP contribution in [0.5, 0.6) is 0 Å². The molecule has 18 heavy (non-hydrogen) atoms. The van der Waals surface area contributed by atoms with E-state index in [0.29, 0.717) is 0 Å². The first-order valence-electron chi connectivity index (χ1n) is 5.16. The molecule has 1 aliphatic heterocycles. The van der Waals surface area contributed by atoms with Gasteiger partial charge in [-0.15, -0.1) is 4.40 Å². The van der Waals surface area contributed by atoms with E-state index in [1.807, 2.05) is 0 Å². The summed E-state index contributed by atoms with van der Waals surface area (Å²) in [7, 11) is -3.83. The molecule has 2 rings (SSSR count). The minimum atomic E-state index is -3.83. The summed E-state index contributed by atoms with van der Waals surface area (Å²) in [5.74, 6) is -0.690. The predicted molar refractivity (Wildman–Crippen MR) is 69.0 cm³/mol. The number of amidine groups is 1. The molecule has 0 saturated carbocycles. The van der Waals surface area contributed by atoms with Crippen molar-refractivity contribution < 1.29 is 12.8 Å². The minimum Gasteiger partial charge on any atom is -0.382 e. The van der Waals surface area contributed by atoms with Crippen molar-refractivity contribution in [2.45, 2.75) is 13.8 Å². The summed E-state index contributed by atoms with van der Waals surface area (Å²) < 4.78 is 42.0. The number of nitrogens with two attached hydrogens (primary N) is 1. The molecule has 0 unspecified atom stereocenters. The van der Waals surface area contributed by atoms with Gasteiger partial charge in [-0.2, -0.15) is 8.42 Å². The number of nitrogens with zero attached hydrogens (tertiary/aromatic N) is 1. The second-order valence-corrected chi connectivity index (χ2v) is 5.50. The van der Waals surface area contributed by atoms with E-state index in [9.17, 15) is 12.8 Å². The highest BCUT2D eigenvalue weighted by atomic mass is 32.2. The van der Waals surface area contributed by atoms with Crippen molar-refractivity contribution in [2.24, 2.45) is 10.1 Å². The largest absolute Gasteiger partial charge is 0.382 e. The first-order chi connectivity index (χ1) is 8.30. The van der Waals surface area contributed by atoms with Gasteiger partial charge < -0.3 is 5.73 Å². The Labute approximate surface area is 104 Å². The Morgan fingerprint density at radius 1 is 1.44 bits per heavy atom. The van der Waals surface area contributed by atoms with E-state index in [2.05, 4.69) is 9.12 Å². The summed E-state index contributed by atoms with van der Waals surface area (Å²) in [6.45, 7) is 3.61. The van der Waals surface area contributed by atoms with Gasteiger partial charge >= 0.3 is 10.2 Å². The lowest BCUT2D eigenvalue weighted by atomic mass is 10.0. The Morgan fingerprint density at radius 3 is 2.72 bits per heavy atom. The molecule has 7 heteroatoms. The van der Waals surface area contributed by atoms with Crippen molar-refractivity contribution >= 4 is 27.8 Å². The lowest BCUT2D eigenvalue weighted by molar-refractivity contribution is 0.602. The second-order valence-electron chi connectivity index (χ2n) is 4.16. The fourth-order valence-electron chi connectivity index (χ4n) is 1.72. The molecule has 1 aromatic carbocycles. The topological polar surface area (TPSA) is 84.5 Å². The molecule has 0 saturated heterocycles. The highest BCUT2D eigenvalue weighted by Gasteiger charge is 2.24. The SMILES string of the molecule is CC(C)=Cc1c(F)ccc2c1C(N)=NS(=O)(=O)N2. The smallest absolute Gasteiger partial charge is 0.344 e. The van der Waals surface area contributed by atoms with Crippen molar-refractivity contribution in [3.8, 4) is 0 Å². The molecule has 3 N–H and O–H groups in total. The molecule has 0 atom stereocenters. The van der Waals surface area contributed by atoms with Gasteiger partial charge in [0, 0.05) is 5.56 Å². The van der Waals surface area contributed by atoms with Crippen LogP contribution in [0.2, 0.25) is 0 Å². The molecule has 0 radical (unpaired) electrons. The number of hydrogen-bond acceptors (Lipinski definition) is 3. The number of benzene rings is 1. The minimum absolute atomic E-state index is 0.212. The fourth-order valence-corrected chi connectivity index (χ4v) is 2.57. The third-order valence-electron chi connectivity index (χ3n) is 2.34. The zero-order valence-electron chi connectivity index (χ0n) is 9.86. The van der Waals surface area contributed by atoms with Gasteiger partial charge in [0.05, 0.1) is 11.3 Å². The van der Waals surface area contributed by atoms with Crippen molar-refractivity contribution in [2.75, 3.05) is 4.72 Å². The summed E-state index contributed by atoms with van der Waals surface area (Å²) in [5.41, 5.74) is 7.20. The van der Waals surface area contributed by atoms with Gasteiger partial charge in [0.1, 0.15) is 11.7 Å². The second kappa shape index (κ2) is 4.09. The number of nitrogens with one attached hydrogen (secondary N) is 1. The first-order valence-corrected chi connectivity index (χ1v) is 6.60. The van der Waals surface area contributed by atoms with Gasteiger partial charge in [-0.05, 0) is 26.0 Å². The lowest BCUT2D eigenvalue weighted by Gasteiger charge is -2.18. The maximum Gasteiger partial charge on any atom is 0.344 e. The van der Waals surface area contributed by atoms with Crippen molar-refractivity contribution in [3.05, 3.63) is 34.6 Å². The van der Waals surface area contributed by atoms with Gasteiger partial charge in [0.15, 0.2) is 0 Å². The van der Waals surface area contributed by atoms with E-state index in [4.69, 9.17) is 5.73 Å². The van der Waals surface area contributed by atoms with Crippen LogP contribution in [0.3, 0.4) is 0 Å². The highest BCUT2D eigenvalue weighted by molar-refractivity contribution is 7.91. The number of fused-ring (bicyclic) bond motifs is 1. The molecule has 0 aliphatic carbocycles. The molecule has 0 amide bonds. The van der Waals surface area contributed by atoms with Gasteiger partial charge in [-0.25, -0.2) is 4.39 Å². The lowest BCUT2D eigenvalue weighted by Crippen LogP contribution is -2.27. The Bertz CT molecular complexity index is 674. The number of rotatable bonds is 1. The Balaban J connectivity index is 2.77. The molecule has 0 bridgehead atoms. The number of halogens is 1. The summed E-state index contributed by atoms with van der Waals surface area (Å²) in [6.07, 6.45) is 1.59. The van der Waals surface area contributed by atoms with Crippen LogP contribution in [-0.4, -0.2) is 14.3 Å². The Morgan fingerprint density at radius 2 is 2.11 bits per heavy atom. The Kier molecular flexibility index (Phi) is 2.86. The molecule has 96 valence electrons. The van der Waals surface area contributed by atoms with Gasteiger partial charge in [0.25, 0.3) is 0 Å². The van der Waals surface area contributed by atoms with Crippen LogP contribution in [0.4, 0.5) is 10.1 Å². The summed E-state index contributed by atoms with van der Waals surface area (Å²) in [6, 6.07) is 2.51. The maximum absolute atomic E-state index is 13.8. The van der Waals surface area contributed by atoms with Crippen molar-refractivity contribution in [3.63, 3.8) is 0 Å². The van der Waals surface area contributed by atoms with Crippen LogP contribution in [0.1, 0.15) is 25.0 Å². The monoisotopic (exact) mass is 269 g/mol. The fraction of sp³-hybridized carbons (Fsp3) is 0.182. The number of allylic oxidation sites excluding steroid dienone is 1. The normalized spacial score (nSPS) is 16.3. The maximum atomic E-state index is 13.8. The van der Waals surface area contributed by atoms with Crippen LogP contribution in [0.25, 0.3) is 6.08 Å². The number of anilines is 1. The molecule has 1 aliphatic rings. The van der Waals surface area contributed by atoms with Gasteiger partial charge in [-0.3, -0.25) is 4.72 Å². The van der Waals surface area contributed by atoms with E-state index in [-0.39, 0.29) is 22.6 Å². The van der Waals surface area contributed by atoms with E-state index in [1.54, 1.807) is 19.9 Å². The molecule has 0 aromatic heterocycles. The van der Waals surface area contributed by atoms with Gasteiger partial charge in [0.2, 0.25) is 0 Å². The third kappa shape index (κ3) is 2.21. The molecule has 1 heterocycles. The zero-order chi connectivity index (χ0) is 13.5. The summed E-state index contributed by atoms with van der Waals surface area (Å²) in [4.78, 5) is 0. The summed E-state index contributed by atoms with van der Waals surface area (Å²) in [5, 5.41) is 0. The molecular weight excluding hydrogens is 257 g/mol. The predicted octanol–water partition coefficient (Wildman–Crippen LogP) is 1.62. The summed E-state index contributed by atoms with van der Waals surface area (Å²) >= 11 is 0. The molecule has 0 fully saturated rings. The molecule has 1 aromatic rings. The Hall–Kier alpha value is -1.89. The third-order valence-corrected chi connectivity index (χ3v) is 3.25. The average Bonchev–Trinajstić information content (AvgIpc) is 2.20.